The molecule has 0 aromatic heterocycles. The summed E-state index contributed by atoms with van der Waals surface area (Å²) in [6.07, 6.45) is -2.35. The molecule has 3 amide bonds. The quantitative estimate of drug-likeness (QED) is 0.208. The van der Waals surface area contributed by atoms with Crippen molar-refractivity contribution in [3.05, 3.63) is 70.7 Å². The maximum Gasteiger partial charge on any atom is 0.418 e. The first kappa shape index (κ1) is 33.1. The molecule has 3 N–H and O–H groups in total. The van der Waals surface area contributed by atoms with E-state index in [1.165, 1.54) is 37.4 Å². The van der Waals surface area contributed by atoms with Crippen LogP contribution in [0.2, 0.25) is 5.02 Å². The van der Waals surface area contributed by atoms with E-state index in [0.717, 1.165) is 6.07 Å². The van der Waals surface area contributed by atoms with Crippen LogP contribution in [-0.2, 0) is 29.8 Å². The Morgan fingerprint density at radius 3 is 2.45 bits per heavy atom. The lowest BCUT2D eigenvalue weighted by Crippen LogP contribution is -2.47. The average molecular weight is 626 g/mol. The van der Waals surface area contributed by atoms with Crippen molar-refractivity contribution in [1.29, 1.82) is 0 Å². The van der Waals surface area contributed by atoms with Crippen LogP contribution in [0.4, 0.5) is 13.6 Å². The zero-order chi connectivity index (χ0) is 30.9. The van der Waals surface area contributed by atoms with E-state index in [0.29, 0.717) is 24.9 Å². The Hall–Kier alpha value is -3.38. The van der Waals surface area contributed by atoms with E-state index in [-0.39, 0.29) is 35.3 Å². The van der Waals surface area contributed by atoms with Gasteiger partial charge in [0.25, 0.3) is 0 Å². The Labute approximate surface area is 252 Å². The summed E-state index contributed by atoms with van der Waals surface area (Å²) in [5, 5.41) is 4.50. The molecule has 0 bridgehead atoms. The van der Waals surface area contributed by atoms with Gasteiger partial charge in [0.05, 0.1) is 7.11 Å². The molecule has 1 fully saturated rings. The lowest BCUT2D eigenvalue weighted by molar-refractivity contribution is -0.145. The Morgan fingerprint density at radius 2 is 1.86 bits per heavy atom. The lowest BCUT2D eigenvalue weighted by atomic mass is 9.97. The normalized spacial score (nSPS) is 17.1. The fourth-order valence-corrected chi connectivity index (χ4v) is 5.62. The van der Waals surface area contributed by atoms with Crippen molar-refractivity contribution in [3.63, 3.8) is 0 Å². The number of carbonyl (C=O) groups is 4. The highest BCUT2D eigenvalue weighted by molar-refractivity contribution is 7.99. The maximum atomic E-state index is 15.7. The third-order valence-electron chi connectivity index (χ3n) is 6.61. The molecule has 1 aliphatic heterocycles. The van der Waals surface area contributed by atoms with Gasteiger partial charge in [0.1, 0.15) is 11.3 Å². The number of ether oxygens (including phenoxy) is 2. The van der Waals surface area contributed by atoms with Crippen molar-refractivity contribution in [2.75, 3.05) is 13.7 Å². The molecule has 3 rings (SSSR count). The number of benzene rings is 2. The summed E-state index contributed by atoms with van der Waals surface area (Å²) in [5.74, 6) is -5.63. The van der Waals surface area contributed by atoms with Crippen molar-refractivity contribution in [3.8, 4) is 0 Å². The zero-order valence-electron chi connectivity index (χ0n) is 23.4. The average Bonchev–Trinajstić information content (AvgIpc) is 3.37. The third kappa shape index (κ3) is 9.06. The fraction of sp³-hybridized carbons (Fsp3) is 0.448. The minimum Gasteiger partial charge on any atom is -0.467 e. The van der Waals surface area contributed by atoms with Gasteiger partial charge in [-0.2, -0.15) is 8.78 Å². The second kappa shape index (κ2) is 15.2. The molecular weight excluding hydrogens is 592 g/mol. The molecule has 0 saturated carbocycles. The van der Waals surface area contributed by atoms with E-state index in [1.54, 1.807) is 18.2 Å². The number of esters is 1. The Balaban J connectivity index is 1.73. The van der Waals surface area contributed by atoms with Crippen molar-refractivity contribution >= 4 is 47.4 Å². The molecule has 2 aromatic carbocycles. The molecule has 1 unspecified atom stereocenters. The summed E-state index contributed by atoms with van der Waals surface area (Å²) in [6.45, 7) is 4.19. The topological polar surface area (TPSA) is 123 Å². The first-order valence-electron chi connectivity index (χ1n) is 13.4. The molecule has 1 heterocycles. The fourth-order valence-electron chi connectivity index (χ4n) is 4.49. The molecule has 228 valence electrons. The van der Waals surface area contributed by atoms with E-state index >= 15 is 8.78 Å². The number of alkyl halides is 2. The van der Waals surface area contributed by atoms with Gasteiger partial charge in [-0.25, -0.2) is 9.59 Å². The number of amides is 3. The van der Waals surface area contributed by atoms with Gasteiger partial charge in [-0.15, -0.1) is 0 Å². The SMILES string of the molecule is COC(=O)[C@H](C[C@@H]1CCNC1=O)NC(=O)[C@H](CC(C)C)SNC(=O)OC(c1ccccc1)C(F)(F)c1cccc(Cl)c1. The van der Waals surface area contributed by atoms with Crippen LogP contribution in [0.3, 0.4) is 0 Å². The van der Waals surface area contributed by atoms with Gasteiger partial charge < -0.3 is 20.1 Å². The zero-order valence-corrected chi connectivity index (χ0v) is 25.0. The van der Waals surface area contributed by atoms with Gasteiger partial charge in [0.2, 0.25) is 11.8 Å². The summed E-state index contributed by atoms with van der Waals surface area (Å²) in [7, 11) is 1.18. The van der Waals surface area contributed by atoms with E-state index < -0.39 is 52.8 Å². The smallest absolute Gasteiger partial charge is 0.418 e. The predicted molar refractivity (Wildman–Crippen MR) is 155 cm³/mol. The molecule has 1 saturated heterocycles. The van der Waals surface area contributed by atoms with Gasteiger partial charge in [-0.3, -0.25) is 14.3 Å². The molecule has 2 aromatic rings. The van der Waals surface area contributed by atoms with Gasteiger partial charge in [-0.1, -0.05) is 67.9 Å². The molecule has 4 atom stereocenters. The Bertz CT molecular complexity index is 1250. The van der Waals surface area contributed by atoms with Crippen LogP contribution in [0, 0.1) is 11.8 Å². The van der Waals surface area contributed by atoms with Gasteiger partial charge in [0.15, 0.2) is 6.10 Å². The van der Waals surface area contributed by atoms with Crippen LogP contribution in [0.5, 0.6) is 0 Å². The molecular formula is C29H34ClF2N3O6S. The third-order valence-corrected chi connectivity index (χ3v) is 7.82. The summed E-state index contributed by atoms with van der Waals surface area (Å²) in [6, 6.07) is 11.6. The van der Waals surface area contributed by atoms with Gasteiger partial charge in [-0.05, 0) is 54.8 Å². The second-order valence-electron chi connectivity index (χ2n) is 10.3. The molecule has 0 spiro atoms. The largest absolute Gasteiger partial charge is 0.467 e. The van der Waals surface area contributed by atoms with Crippen molar-refractivity contribution in [2.24, 2.45) is 11.8 Å². The number of hydrogen-bond donors (Lipinski definition) is 3. The molecule has 0 radical (unpaired) electrons. The first-order chi connectivity index (χ1) is 19.9. The lowest BCUT2D eigenvalue weighted by Gasteiger charge is -2.28. The number of carbonyl (C=O) groups excluding carboxylic acids is 4. The summed E-state index contributed by atoms with van der Waals surface area (Å²) < 4.78 is 43.8. The van der Waals surface area contributed by atoms with E-state index in [1.807, 2.05) is 13.8 Å². The number of methoxy groups -OCH3 is 1. The molecule has 9 nitrogen and oxygen atoms in total. The molecule has 1 aliphatic rings. The number of halogens is 3. The van der Waals surface area contributed by atoms with Crippen LogP contribution in [0.25, 0.3) is 0 Å². The molecule has 0 aliphatic carbocycles. The minimum absolute atomic E-state index is 0.00696. The monoisotopic (exact) mass is 625 g/mol. The van der Waals surface area contributed by atoms with E-state index in [2.05, 4.69) is 15.4 Å². The van der Waals surface area contributed by atoms with E-state index in [4.69, 9.17) is 21.1 Å². The number of nitrogens with one attached hydrogen (secondary N) is 3. The van der Waals surface area contributed by atoms with E-state index in [9.17, 15) is 19.2 Å². The van der Waals surface area contributed by atoms with Crippen LogP contribution in [-0.4, -0.2) is 48.8 Å². The highest BCUT2D eigenvalue weighted by Crippen LogP contribution is 2.43. The number of rotatable bonds is 13. The van der Waals surface area contributed by atoms with Crippen molar-refractivity contribution in [2.45, 2.75) is 56.4 Å². The van der Waals surface area contributed by atoms with Crippen LogP contribution in [0.15, 0.2) is 54.6 Å². The summed E-state index contributed by atoms with van der Waals surface area (Å²) in [5.41, 5.74) is -0.387. The first-order valence-corrected chi connectivity index (χ1v) is 14.6. The van der Waals surface area contributed by atoms with Gasteiger partial charge >= 0.3 is 18.0 Å². The maximum absolute atomic E-state index is 15.7. The predicted octanol–water partition coefficient (Wildman–Crippen LogP) is 5.15. The minimum atomic E-state index is -3.65. The van der Waals surface area contributed by atoms with Crippen LogP contribution >= 0.6 is 23.5 Å². The van der Waals surface area contributed by atoms with Crippen LogP contribution < -0.4 is 15.4 Å². The summed E-state index contributed by atoms with van der Waals surface area (Å²) in [4.78, 5) is 50.5. The van der Waals surface area contributed by atoms with Crippen molar-refractivity contribution in [1.82, 2.24) is 15.4 Å². The van der Waals surface area contributed by atoms with Crippen LogP contribution in [0.1, 0.15) is 50.3 Å². The highest BCUT2D eigenvalue weighted by atomic mass is 35.5. The standard InChI is InChI=1S/C29H34ClF2N3O6S/c1-17(2)14-23(26(37)34-22(27(38)40-3)15-19-12-13-33-25(19)36)42-35-28(39)41-24(18-8-5-4-6-9-18)29(31,32)20-10-7-11-21(30)16-20/h4-11,16-17,19,22-24H,12-15H2,1-3H3,(H,33,36)(H,34,37)(H,35,39)/t19-,22-,23-,24?/m0/s1. The molecule has 42 heavy (non-hydrogen) atoms. The number of hydrogen-bond acceptors (Lipinski definition) is 7. The Morgan fingerprint density at radius 1 is 1.14 bits per heavy atom. The second-order valence-corrected chi connectivity index (χ2v) is 11.7. The molecule has 13 heteroatoms. The summed E-state index contributed by atoms with van der Waals surface area (Å²) >= 11 is 6.62. The highest BCUT2D eigenvalue weighted by Gasteiger charge is 2.46. The van der Waals surface area contributed by atoms with Gasteiger partial charge in [0, 0.05) is 23.0 Å². The van der Waals surface area contributed by atoms with Crippen molar-refractivity contribution < 1.29 is 37.4 Å². The Kier molecular flexibility index (Phi) is 12.0.